The minimum atomic E-state index is -3.77. The van der Waals surface area contributed by atoms with E-state index >= 15 is 0 Å². The van der Waals surface area contributed by atoms with E-state index in [4.69, 9.17) is 5.14 Å². The highest BCUT2D eigenvalue weighted by atomic mass is 32.2. The molecule has 0 bridgehead atoms. The van der Waals surface area contributed by atoms with Gasteiger partial charge in [-0.05, 0) is 47.5 Å². The SMILES string of the molecule is NS(=O)(=O)c1ccc(C(=O)Nc2ccc(-c3ccccc3)cc2)cc1. The normalized spacial score (nSPS) is 11.1. The Morgan fingerprint density at radius 3 is 1.88 bits per heavy atom. The number of hydrogen-bond acceptors (Lipinski definition) is 3. The fourth-order valence-electron chi connectivity index (χ4n) is 2.38. The van der Waals surface area contributed by atoms with Gasteiger partial charge in [0.1, 0.15) is 0 Å². The van der Waals surface area contributed by atoms with E-state index in [2.05, 4.69) is 5.32 Å². The van der Waals surface area contributed by atoms with Gasteiger partial charge in [-0.25, -0.2) is 13.6 Å². The lowest BCUT2D eigenvalue weighted by atomic mass is 10.1. The zero-order valence-corrected chi connectivity index (χ0v) is 14.0. The van der Waals surface area contributed by atoms with Crippen molar-refractivity contribution in [3.8, 4) is 11.1 Å². The quantitative estimate of drug-likeness (QED) is 0.755. The van der Waals surface area contributed by atoms with E-state index in [0.717, 1.165) is 11.1 Å². The van der Waals surface area contributed by atoms with Gasteiger partial charge in [-0.1, -0.05) is 42.5 Å². The molecule has 3 aromatic carbocycles. The van der Waals surface area contributed by atoms with Crippen LogP contribution < -0.4 is 10.5 Å². The zero-order chi connectivity index (χ0) is 17.9. The van der Waals surface area contributed by atoms with Crippen LogP contribution in [0.5, 0.6) is 0 Å². The van der Waals surface area contributed by atoms with Gasteiger partial charge in [-0.3, -0.25) is 4.79 Å². The van der Waals surface area contributed by atoms with E-state index < -0.39 is 10.0 Å². The fourth-order valence-corrected chi connectivity index (χ4v) is 2.89. The highest BCUT2D eigenvalue weighted by Gasteiger charge is 2.10. The zero-order valence-electron chi connectivity index (χ0n) is 13.2. The van der Waals surface area contributed by atoms with Crippen molar-refractivity contribution in [3.05, 3.63) is 84.4 Å². The van der Waals surface area contributed by atoms with Crippen LogP contribution in [0.2, 0.25) is 0 Å². The first-order valence-electron chi connectivity index (χ1n) is 7.53. The van der Waals surface area contributed by atoms with Crippen molar-refractivity contribution in [1.82, 2.24) is 0 Å². The van der Waals surface area contributed by atoms with Gasteiger partial charge >= 0.3 is 0 Å². The van der Waals surface area contributed by atoms with Gasteiger partial charge in [0.15, 0.2) is 0 Å². The Kier molecular flexibility index (Phi) is 4.65. The van der Waals surface area contributed by atoms with Gasteiger partial charge in [0.05, 0.1) is 4.90 Å². The third kappa shape index (κ3) is 4.12. The number of hydrogen-bond donors (Lipinski definition) is 2. The molecule has 126 valence electrons. The molecule has 0 unspecified atom stereocenters. The Morgan fingerprint density at radius 1 is 0.760 bits per heavy atom. The number of rotatable bonds is 4. The molecule has 0 aromatic heterocycles. The average Bonchev–Trinajstić information content (AvgIpc) is 2.62. The molecule has 0 radical (unpaired) electrons. The van der Waals surface area contributed by atoms with Crippen LogP contribution in [0.15, 0.2) is 83.8 Å². The van der Waals surface area contributed by atoms with Gasteiger partial charge in [0, 0.05) is 11.3 Å². The maximum Gasteiger partial charge on any atom is 0.255 e. The van der Waals surface area contributed by atoms with Crippen molar-refractivity contribution in [3.63, 3.8) is 0 Å². The fraction of sp³-hybridized carbons (Fsp3) is 0. The number of anilines is 1. The second-order valence-electron chi connectivity index (χ2n) is 5.47. The molecular formula is C19H16N2O3S. The molecule has 6 heteroatoms. The average molecular weight is 352 g/mol. The van der Waals surface area contributed by atoms with E-state index in [1.54, 1.807) is 0 Å². The van der Waals surface area contributed by atoms with Crippen molar-refractivity contribution < 1.29 is 13.2 Å². The molecule has 5 nitrogen and oxygen atoms in total. The molecule has 3 rings (SSSR count). The first kappa shape index (κ1) is 16.9. The smallest absolute Gasteiger partial charge is 0.255 e. The van der Waals surface area contributed by atoms with Crippen LogP contribution in [0, 0.1) is 0 Å². The summed E-state index contributed by atoms with van der Waals surface area (Å²) >= 11 is 0. The van der Waals surface area contributed by atoms with Crippen molar-refractivity contribution in [1.29, 1.82) is 0 Å². The van der Waals surface area contributed by atoms with Crippen molar-refractivity contribution in [2.24, 2.45) is 5.14 Å². The maximum atomic E-state index is 12.2. The highest BCUT2D eigenvalue weighted by molar-refractivity contribution is 7.89. The van der Waals surface area contributed by atoms with E-state index in [0.29, 0.717) is 11.3 Å². The summed E-state index contributed by atoms with van der Waals surface area (Å²) in [6.07, 6.45) is 0. The lowest BCUT2D eigenvalue weighted by Gasteiger charge is -2.07. The van der Waals surface area contributed by atoms with Crippen LogP contribution in [0.25, 0.3) is 11.1 Å². The van der Waals surface area contributed by atoms with E-state index in [-0.39, 0.29) is 10.8 Å². The molecule has 1 amide bonds. The molecule has 0 saturated heterocycles. The third-order valence-corrected chi connectivity index (χ3v) is 4.62. The summed E-state index contributed by atoms with van der Waals surface area (Å²) < 4.78 is 22.5. The van der Waals surface area contributed by atoms with Crippen molar-refractivity contribution >= 4 is 21.6 Å². The molecule has 0 spiro atoms. The topological polar surface area (TPSA) is 89.3 Å². The summed E-state index contributed by atoms with van der Waals surface area (Å²) in [5.41, 5.74) is 3.15. The van der Waals surface area contributed by atoms with E-state index in [1.807, 2.05) is 54.6 Å². The summed E-state index contributed by atoms with van der Waals surface area (Å²) in [4.78, 5) is 12.2. The summed E-state index contributed by atoms with van der Waals surface area (Å²) in [5, 5.41) is 7.82. The van der Waals surface area contributed by atoms with Crippen molar-refractivity contribution in [2.75, 3.05) is 5.32 Å². The number of carbonyl (C=O) groups is 1. The highest BCUT2D eigenvalue weighted by Crippen LogP contribution is 2.21. The van der Waals surface area contributed by atoms with Gasteiger partial charge in [0.25, 0.3) is 5.91 Å². The minimum Gasteiger partial charge on any atom is -0.322 e. The van der Waals surface area contributed by atoms with E-state index in [9.17, 15) is 13.2 Å². The van der Waals surface area contributed by atoms with Crippen LogP contribution >= 0.6 is 0 Å². The Bertz CT molecular complexity index is 981. The van der Waals surface area contributed by atoms with Gasteiger partial charge in [-0.15, -0.1) is 0 Å². The molecular weight excluding hydrogens is 336 g/mol. The van der Waals surface area contributed by atoms with E-state index in [1.165, 1.54) is 24.3 Å². The van der Waals surface area contributed by atoms with Gasteiger partial charge in [-0.2, -0.15) is 0 Å². The number of benzene rings is 3. The van der Waals surface area contributed by atoms with Crippen LogP contribution in [0.3, 0.4) is 0 Å². The Labute approximate surface area is 146 Å². The second-order valence-corrected chi connectivity index (χ2v) is 7.03. The minimum absolute atomic E-state index is 0.0312. The first-order chi connectivity index (χ1) is 11.9. The summed E-state index contributed by atoms with van der Waals surface area (Å²) in [6.45, 7) is 0. The summed E-state index contributed by atoms with van der Waals surface area (Å²) in [7, 11) is -3.77. The number of carbonyl (C=O) groups excluding carboxylic acids is 1. The Balaban J connectivity index is 1.73. The molecule has 0 fully saturated rings. The monoisotopic (exact) mass is 352 g/mol. The van der Waals surface area contributed by atoms with Gasteiger partial charge < -0.3 is 5.32 Å². The summed E-state index contributed by atoms with van der Waals surface area (Å²) in [5.74, 6) is -0.326. The third-order valence-electron chi connectivity index (χ3n) is 3.69. The molecule has 0 atom stereocenters. The predicted molar refractivity (Wildman–Crippen MR) is 97.6 cm³/mol. The number of amides is 1. The molecule has 0 aliphatic heterocycles. The second kappa shape index (κ2) is 6.88. The maximum absolute atomic E-state index is 12.2. The molecule has 3 N–H and O–H groups in total. The molecule has 25 heavy (non-hydrogen) atoms. The van der Waals surface area contributed by atoms with Crippen LogP contribution in [-0.2, 0) is 10.0 Å². The van der Waals surface area contributed by atoms with Gasteiger partial charge in [0.2, 0.25) is 10.0 Å². The number of sulfonamides is 1. The Morgan fingerprint density at radius 2 is 1.32 bits per heavy atom. The first-order valence-corrected chi connectivity index (χ1v) is 9.08. The van der Waals surface area contributed by atoms with Crippen molar-refractivity contribution in [2.45, 2.75) is 4.90 Å². The molecule has 0 saturated carbocycles. The standard InChI is InChI=1S/C19H16N2O3S/c20-25(23,24)18-12-8-16(9-13-18)19(22)21-17-10-6-15(7-11-17)14-4-2-1-3-5-14/h1-13H,(H,21,22)(H2,20,23,24). The van der Waals surface area contributed by atoms with Crippen LogP contribution in [0.1, 0.15) is 10.4 Å². The lowest BCUT2D eigenvalue weighted by Crippen LogP contribution is -2.14. The molecule has 0 aliphatic carbocycles. The Hall–Kier alpha value is -2.96. The lowest BCUT2D eigenvalue weighted by molar-refractivity contribution is 0.102. The largest absolute Gasteiger partial charge is 0.322 e. The molecule has 0 heterocycles. The number of nitrogens with one attached hydrogen (secondary N) is 1. The predicted octanol–water partition coefficient (Wildman–Crippen LogP) is 3.25. The molecule has 3 aromatic rings. The molecule has 0 aliphatic rings. The number of nitrogens with two attached hydrogens (primary N) is 1. The number of primary sulfonamides is 1. The van der Waals surface area contributed by atoms with Crippen LogP contribution in [0.4, 0.5) is 5.69 Å². The summed E-state index contributed by atoms with van der Waals surface area (Å²) in [6, 6.07) is 22.9. The van der Waals surface area contributed by atoms with Crippen LogP contribution in [-0.4, -0.2) is 14.3 Å².